The van der Waals surface area contributed by atoms with E-state index in [-0.39, 0.29) is 5.92 Å². The Morgan fingerprint density at radius 1 is 0.966 bits per heavy atom. The topological polar surface area (TPSA) is 66.4 Å². The van der Waals surface area contributed by atoms with Gasteiger partial charge < -0.3 is 10.4 Å². The molecule has 2 N–H and O–H groups in total. The molecule has 0 radical (unpaired) electrons. The number of carbonyl (C=O) groups is 2. The zero-order valence-corrected chi connectivity index (χ0v) is 16.8. The number of aliphatic carboxylic acids is 1. The highest BCUT2D eigenvalue weighted by molar-refractivity contribution is 6.30. The standard InChI is InChI=1S/C24H20ClNO3/c1-15(2)22(24(28)29)26-23(27)21-14-10-17-5-3-4-6-19(17)20(21)13-9-16-7-11-18(25)12-8-16/h3-8,10-12,14-15,22H,1-2H3,(H,26,27)(H,28,29)/t22-/m0/s1. The summed E-state index contributed by atoms with van der Waals surface area (Å²) >= 11 is 5.92. The molecular weight excluding hydrogens is 386 g/mol. The van der Waals surface area contributed by atoms with Gasteiger partial charge in [-0.2, -0.15) is 0 Å². The Bertz CT molecular complexity index is 1120. The highest BCUT2D eigenvalue weighted by atomic mass is 35.5. The molecule has 0 fully saturated rings. The fraction of sp³-hybridized carbons (Fsp3) is 0.167. The van der Waals surface area contributed by atoms with Crippen molar-refractivity contribution in [3.63, 3.8) is 0 Å². The molecule has 0 saturated heterocycles. The number of fused-ring (bicyclic) bond motifs is 1. The maximum absolute atomic E-state index is 12.9. The second kappa shape index (κ2) is 8.81. The SMILES string of the molecule is CC(C)[C@H](NC(=O)c1ccc2ccccc2c1C#Cc1ccc(Cl)cc1)C(=O)O. The van der Waals surface area contributed by atoms with Crippen LogP contribution in [0.3, 0.4) is 0 Å². The normalized spacial score (nSPS) is 11.6. The molecule has 0 saturated carbocycles. The molecule has 3 aromatic rings. The van der Waals surface area contributed by atoms with E-state index in [0.717, 1.165) is 16.3 Å². The molecule has 3 aromatic carbocycles. The van der Waals surface area contributed by atoms with Gasteiger partial charge in [-0.05, 0) is 47.0 Å². The zero-order valence-electron chi connectivity index (χ0n) is 16.1. The lowest BCUT2D eigenvalue weighted by atomic mass is 9.97. The smallest absolute Gasteiger partial charge is 0.326 e. The Morgan fingerprint density at radius 2 is 1.66 bits per heavy atom. The van der Waals surface area contributed by atoms with Crippen LogP contribution in [0.4, 0.5) is 0 Å². The highest BCUT2D eigenvalue weighted by Crippen LogP contribution is 2.22. The van der Waals surface area contributed by atoms with Crippen LogP contribution in [0.1, 0.15) is 35.3 Å². The molecular formula is C24H20ClNO3. The number of hydrogen-bond donors (Lipinski definition) is 2. The third-order valence-corrected chi connectivity index (χ3v) is 4.82. The van der Waals surface area contributed by atoms with E-state index in [9.17, 15) is 14.7 Å². The van der Waals surface area contributed by atoms with E-state index < -0.39 is 17.9 Å². The molecule has 0 unspecified atom stereocenters. The van der Waals surface area contributed by atoms with Crippen LogP contribution in [0.2, 0.25) is 5.02 Å². The number of carboxylic acid groups (broad SMARTS) is 1. The lowest BCUT2D eigenvalue weighted by Crippen LogP contribution is -2.44. The highest BCUT2D eigenvalue weighted by Gasteiger charge is 2.25. The van der Waals surface area contributed by atoms with Crippen molar-refractivity contribution in [2.75, 3.05) is 0 Å². The first-order valence-corrected chi connectivity index (χ1v) is 9.57. The van der Waals surface area contributed by atoms with Crippen LogP contribution in [-0.2, 0) is 4.79 Å². The van der Waals surface area contributed by atoms with E-state index >= 15 is 0 Å². The molecule has 1 atom stereocenters. The van der Waals surface area contributed by atoms with Gasteiger partial charge in [0, 0.05) is 16.1 Å². The molecule has 0 aliphatic carbocycles. The molecule has 3 rings (SSSR count). The van der Waals surface area contributed by atoms with Gasteiger partial charge in [-0.25, -0.2) is 4.79 Å². The number of carboxylic acids is 1. The van der Waals surface area contributed by atoms with Crippen LogP contribution >= 0.6 is 11.6 Å². The molecule has 29 heavy (non-hydrogen) atoms. The van der Waals surface area contributed by atoms with Crippen molar-refractivity contribution in [1.29, 1.82) is 0 Å². The molecule has 5 heteroatoms. The van der Waals surface area contributed by atoms with Crippen LogP contribution < -0.4 is 5.32 Å². The third-order valence-electron chi connectivity index (χ3n) is 4.57. The molecule has 146 valence electrons. The first-order chi connectivity index (χ1) is 13.9. The molecule has 0 aliphatic heterocycles. The molecule has 4 nitrogen and oxygen atoms in total. The van der Waals surface area contributed by atoms with Gasteiger partial charge in [-0.15, -0.1) is 0 Å². The van der Waals surface area contributed by atoms with Crippen molar-refractivity contribution < 1.29 is 14.7 Å². The van der Waals surface area contributed by atoms with E-state index in [2.05, 4.69) is 17.2 Å². The number of hydrogen-bond acceptors (Lipinski definition) is 2. The van der Waals surface area contributed by atoms with Gasteiger partial charge >= 0.3 is 5.97 Å². The second-order valence-corrected chi connectivity index (χ2v) is 7.44. The van der Waals surface area contributed by atoms with Crippen LogP contribution in [0, 0.1) is 17.8 Å². The van der Waals surface area contributed by atoms with Crippen molar-refractivity contribution >= 4 is 34.2 Å². The zero-order chi connectivity index (χ0) is 21.0. The van der Waals surface area contributed by atoms with Crippen molar-refractivity contribution in [3.05, 3.63) is 82.4 Å². The summed E-state index contributed by atoms with van der Waals surface area (Å²) in [5, 5.41) is 14.4. The van der Waals surface area contributed by atoms with Gasteiger partial charge in [0.15, 0.2) is 0 Å². The fourth-order valence-electron chi connectivity index (χ4n) is 3.00. The lowest BCUT2D eigenvalue weighted by Gasteiger charge is -2.18. The Kier molecular flexibility index (Phi) is 6.21. The van der Waals surface area contributed by atoms with Crippen molar-refractivity contribution in [1.82, 2.24) is 5.32 Å². The van der Waals surface area contributed by atoms with Crippen molar-refractivity contribution in [3.8, 4) is 11.8 Å². The van der Waals surface area contributed by atoms with Crippen molar-refractivity contribution in [2.45, 2.75) is 19.9 Å². The summed E-state index contributed by atoms with van der Waals surface area (Å²) in [4.78, 5) is 24.4. The minimum Gasteiger partial charge on any atom is -0.480 e. The van der Waals surface area contributed by atoms with E-state index in [1.807, 2.05) is 30.3 Å². The summed E-state index contributed by atoms with van der Waals surface area (Å²) in [6.07, 6.45) is 0. The number of amides is 1. The van der Waals surface area contributed by atoms with Gasteiger partial charge in [0.25, 0.3) is 5.91 Å². The average Bonchev–Trinajstić information content (AvgIpc) is 2.70. The lowest BCUT2D eigenvalue weighted by molar-refractivity contribution is -0.140. The molecule has 0 aromatic heterocycles. The first-order valence-electron chi connectivity index (χ1n) is 9.20. The van der Waals surface area contributed by atoms with Crippen LogP contribution in [-0.4, -0.2) is 23.0 Å². The summed E-state index contributed by atoms with van der Waals surface area (Å²) in [6.45, 7) is 3.50. The van der Waals surface area contributed by atoms with Gasteiger partial charge in [-0.3, -0.25) is 4.79 Å². The summed E-state index contributed by atoms with van der Waals surface area (Å²) in [7, 11) is 0. The minimum absolute atomic E-state index is 0.250. The monoisotopic (exact) mass is 405 g/mol. The Morgan fingerprint density at radius 3 is 2.31 bits per heavy atom. The van der Waals surface area contributed by atoms with E-state index in [1.165, 1.54) is 0 Å². The fourth-order valence-corrected chi connectivity index (χ4v) is 3.12. The van der Waals surface area contributed by atoms with E-state index in [1.54, 1.807) is 44.2 Å². The molecule has 0 heterocycles. The first kappa shape index (κ1) is 20.4. The summed E-state index contributed by atoms with van der Waals surface area (Å²) < 4.78 is 0. The minimum atomic E-state index is -1.07. The molecule has 0 spiro atoms. The number of rotatable bonds is 4. The van der Waals surface area contributed by atoms with Gasteiger partial charge in [-0.1, -0.05) is 67.6 Å². The Labute approximate surface area is 174 Å². The van der Waals surface area contributed by atoms with Crippen LogP contribution in [0.25, 0.3) is 10.8 Å². The van der Waals surface area contributed by atoms with Crippen LogP contribution in [0.15, 0.2) is 60.7 Å². The third kappa shape index (κ3) is 4.77. The summed E-state index contributed by atoms with van der Waals surface area (Å²) in [5.74, 6) is 4.40. The van der Waals surface area contributed by atoms with Gasteiger partial charge in [0.05, 0.1) is 5.56 Å². The second-order valence-electron chi connectivity index (χ2n) is 7.00. The Hall–Kier alpha value is -3.29. The predicted molar refractivity (Wildman–Crippen MR) is 115 cm³/mol. The number of nitrogens with one attached hydrogen (secondary N) is 1. The average molecular weight is 406 g/mol. The number of halogens is 1. The maximum atomic E-state index is 12.9. The van der Waals surface area contributed by atoms with E-state index in [0.29, 0.717) is 16.1 Å². The quantitative estimate of drug-likeness (QED) is 0.616. The summed E-state index contributed by atoms with van der Waals surface area (Å²) in [6, 6.07) is 17.3. The van der Waals surface area contributed by atoms with Gasteiger partial charge in [0.2, 0.25) is 0 Å². The molecule has 1 amide bonds. The van der Waals surface area contributed by atoms with Crippen molar-refractivity contribution in [2.24, 2.45) is 5.92 Å². The Balaban J connectivity index is 2.08. The van der Waals surface area contributed by atoms with E-state index in [4.69, 9.17) is 11.6 Å². The predicted octanol–water partition coefficient (Wildman–Crippen LogP) is 4.73. The van der Waals surface area contributed by atoms with Gasteiger partial charge in [0.1, 0.15) is 6.04 Å². The maximum Gasteiger partial charge on any atom is 0.326 e. The molecule has 0 bridgehead atoms. The number of benzene rings is 3. The number of carbonyl (C=O) groups excluding carboxylic acids is 1. The molecule has 0 aliphatic rings. The summed E-state index contributed by atoms with van der Waals surface area (Å²) in [5.41, 5.74) is 1.67. The largest absolute Gasteiger partial charge is 0.480 e. The van der Waals surface area contributed by atoms with Crippen LogP contribution in [0.5, 0.6) is 0 Å².